The van der Waals surface area contributed by atoms with Crippen molar-refractivity contribution in [2.45, 2.75) is 26.8 Å². The molecule has 2 aromatic carbocycles. The Morgan fingerprint density at radius 2 is 1.76 bits per heavy atom. The zero-order valence-corrected chi connectivity index (χ0v) is 18.7. The Bertz CT molecular complexity index is 1150. The molecule has 4 aromatic rings. The van der Waals surface area contributed by atoms with Crippen molar-refractivity contribution in [3.63, 3.8) is 0 Å². The monoisotopic (exact) mass is 446 g/mol. The Hall–Kier alpha value is -3.91. The van der Waals surface area contributed by atoms with Gasteiger partial charge in [-0.3, -0.25) is 9.69 Å². The van der Waals surface area contributed by atoms with E-state index in [0.717, 1.165) is 18.7 Å². The first-order valence-electron chi connectivity index (χ1n) is 10.8. The third-order valence-corrected chi connectivity index (χ3v) is 4.86. The SMILES string of the molecule is CCCN(CC(=O)Nc1ccc(Oc2ccc(C)cc2)cc1)Cc1nnc(-c2ccco2)o1. The van der Waals surface area contributed by atoms with Crippen molar-refractivity contribution in [2.75, 3.05) is 18.4 Å². The van der Waals surface area contributed by atoms with Crippen LogP contribution in [0.2, 0.25) is 0 Å². The molecule has 8 heteroatoms. The van der Waals surface area contributed by atoms with Crippen molar-refractivity contribution in [3.05, 3.63) is 78.4 Å². The quantitative estimate of drug-likeness (QED) is 0.354. The minimum absolute atomic E-state index is 0.124. The molecule has 0 aliphatic rings. The van der Waals surface area contributed by atoms with E-state index in [4.69, 9.17) is 13.6 Å². The molecule has 0 saturated carbocycles. The number of carbonyl (C=O) groups is 1. The number of hydrogen-bond donors (Lipinski definition) is 1. The number of amides is 1. The van der Waals surface area contributed by atoms with E-state index in [1.165, 1.54) is 5.56 Å². The number of nitrogens with zero attached hydrogens (tertiary/aromatic N) is 3. The molecule has 0 aliphatic carbocycles. The molecule has 0 fully saturated rings. The Kier molecular flexibility index (Phi) is 7.16. The minimum Gasteiger partial charge on any atom is -0.459 e. The standard InChI is InChI=1S/C25H26N4O4/c1-3-14-29(17-24-27-28-25(33-24)22-5-4-15-31-22)16-23(30)26-19-8-12-21(13-9-19)32-20-10-6-18(2)7-11-20/h4-13,15H,3,14,16-17H2,1-2H3,(H,26,30). The first-order chi connectivity index (χ1) is 16.1. The van der Waals surface area contributed by atoms with E-state index in [9.17, 15) is 4.79 Å². The lowest BCUT2D eigenvalue weighted by Crippen LogP contribution is -2.33. The molecule has 0 aliphatic heterocycles. The second-order valence-corrected chi connectivity index (χ2v) is 7.68. The maximum Gasteiger partial charge on any atom is 0.283 e. The number of ether oxygens (including phenoxy) is 1. The lowest BCUT2D eigenvalue weighted by molar-refractivity contribution is -0.117. The van der Waals surface area contributed by atoms with Crippen LogP contribution in [0.5, 0.6) is 11.5 Å². The molecule has 0 unspecified atom stereocenters. The number of hydrogen-bond acceptors (Lipinski definition) is 7. The van der Waals surface area contributed by atoms with Crippen molar-refractivity contribution in [1.29, 1.82) is 0 Å². The zero-order valence-electron chi connectivity index (χ0n) is 18.7. The zero-order chi connectivity index (χ0) is 23.0. The van der Waals surface area contributed by atoms with E-state index in [-0.39, 0.29) is 12.5 Å². The van der Waals surface area contributed by atoms with E-state index in [1.807, 2.05) is 60.4 Å². The minimum atomic E-state index is -0.124. The van der Waals surface area contributed by atoms with Crippen molar-refractivity contribution in [3.8, 4) is 23.1 Å². The number of carbonyl (C=O) groups excluding carboxylic acids is 1. The molecule has 1 amide bonds. The fraction of sp³-hybridized carbons (Fsp3) is 0.240. The van der Waals surface area contributed by atoms with Crippen LogP contribution in [-0.4, -0.2) is 34.1 Å². The lowest BCUT2D eigenvalue weighted by atomic mass is 10.2. The van der Waals surface area contributed by atoms with Crippen LogP contribution >= 0.6 is 0 Å². The van der Waals surface area contributed by atoms with Gasteiger partial charge in [-0.15, -0.1) is 10.2 Å². The predicted molar refractivity (Wildman–Crippen MR) is 124 cm³/mol. The number of anilines is 1. The van der Waals surface area contributed by atoms with Gasteiger partial charge in [0.1, 0.15) is 11.5 Å². The number of aromatic nitrogens is 2. The Labute approximate surface area is 192 Å². The third kappa shape index (κ3) is 6.30. The van der Waals surface area contributed by atoms with Crippen molar-refractivity contribution in [2.24, 2.45) is 0 Å². The summed E-state index contributed by atoms with van der Waals surface area (Å²) >= 11 is 0. The van der Waals surface area contributed by atoms with Gasteiger partial charge >= 0.3 is 0 Å². The summed E-state index contributed by atoms with van der Waals surface area (Å²) < 4.78 is 16.8. The average molecular weight is 447 g/mol. The molecule has 33 heavy (non-hydrogen) atoms. The summed E-state index contributed by atoms with van der Waals surface area (Å²) in [4.78, 5) is 14.6. The fourth-order valence-corrected chi connectivity index (χ4v) is 3.29. The highest BCUT2D eigenvalue weighted by molar-refractivity contribution is 5.92. The predicted octanol–water partition coefficient (Wildman–Crippen LogP) is 5.28. The topological polar surface area (TPSA) is 93.6 Å². The van der Waals surface area contributed by atoms with Crippen molar-refractivity contribution < 1.29 is 18.4 Å². The lowest BCUT2D eigenvalue weighted by Gasteiger charge is -2.19. The second-order valence-electron chi connectivity index (χ2n) is 7.68. The number of rotatable bonds is 10. The third-order valence-electron chi connectivity index (χ3n) is 4.86. The van der Waals surface area contributed by atoms with Crippen molar-refractivity contribution >= 4 is 11.6 Å². The van der Waals surface area contributed by atoms with Crippen LogP contribution in [0.3, 0.4) is 0 Å². The maximum absolute atomic E-state index is 12.6. The summed E-state index contributed by atoms with van der Waals surface area (Å²) in [6.07, 6.45) is 2.44. The van der Waals surface area contributed by atoms with Gasteiger partial charge in [0.05, 0.1) is 19.4 Å². The second kappa shape index (κ2) is 10.6. The van der Waals surface area contributed by atoms with Crippen LogP contribution < -0.4 is 10.1 Å². The summed E-state index contributed by atoms with van der Waals surface area (Å²) in [5.41, 5.74) is 1.88. The normalized spacial score (nSPS) is 11.0. The molecular formula is C25H26N4O4. The molecule has 0 spiro atoms. The highest BCUT2D eigenvalue weighted by atomic mass is 16.5. The molecule has 1 N–H and O–H groups in total. The fourth-order valence-electron chi connectivity index (χ4n) is 3.29. The smallest absolute Gasteiger partial charge is 0.283 e. The van der Waals surface area contributed by atoms with Gasteiger partial charge in [-0.1, -0.05) is 24.6 Å². The number of benzene rings is 2. The van der Waals surface area contributed by atoms with Crippen molar-refractivity contribution in [1.82, 2.24) is 15.1 Å². The average Bonchev–Trinajstić information content (AvgIpc) is 3.49. The highest BCUT2D eigenvalue weighted by Gasteiger charge is 2.16. The van der Waals surface area contributed by atoms with E-state index < -0.39 is 0 Å². The maximum atomic E-state index is 12.6. The van der Waals surface area contributed by atoms with E-state index in [1.54, 1.807) is 18.4 Å². The Morgan fingerprint density at radius 3 is 2.42 bits per heavy atom. The largest absolute Gasteiger partial charge is 0.459 e. The van der Waals surface area contributed by atoms with Gasteiger partial charge in [0, 0.05) is 5.69 Å². The molecule has 2 aromatic heterocycles. The molecule has 8 nitrogen and oxygen atoms in total. The van der Waals surface area contributed by atoms with Gasteiger partial charge < -0.3 is 18.9 Å². The van der Waals surface area contributed by atoms with E-state index in [2.05, 4.69) is 22.4 Å². The van der Waals surface area contributed by atoms with E-state index >= 15 is 0 Å². The Balaban J connectivity index is 1.31. The van der Waals surface area contributed by atoms with Gasteiger partial charge in [-0.25, -0.2) is 0 Å². The molecule has 2 heterocycles. The van der Waals surface area contributed by atoms with Crippen LogP contribution in [0.25, 0.3) is 11.7 Å². The van der Waals surface area contributed by atoms with Crippen LogP contribution in [0.1, 0.15) is 24.8 Å². The molecule has 170 valence electrons. The van der Waals surface area contributed by atoms with Crippen LogP contribution in [-0.2, 0) is 11.3 Å². The number of nitrogens with one attached hydrogen (secondary N) is 1. The van der Waals surface area contributed by atoms with Gasteiger partial charge in [-0.2, -0.15) is 0 Å². The van der Waals surface area contributed by atoms with Gasteiger partial charge in [0.2, 0.25) is 11.8 Å². The number of furan rings is 1. The van der Waals surface area contributed by atoms with Gasteiger partial charge in [0.25, 0.3) is 5.89 Å². The number of aryl methyl sites for hydroxylation is 1. The van der Waals surface area contributed by atoms with Crippen LogP contribution in [0, 0.1) is 6.92 Å². The van der Waals surface area contributed by atoms with Crippen LogP contribution in [0.15, 0.2) is 75.8 Å². The summed E-state index contributed by atoms with van der Waals surface area (Å²) in [7, 11) is 0. The molecule has 4 rings (SSSR count). The first kappa shape index (κ1) is 22.3. The summed E-state index contributed by atoms with van der Waals surface area (Å²) in [5.74, 6) is 2.62. The van der Waals surface area contributed by atoms with Crippen LogP contribution in [0.4, 0.5) is 5.69 Å². The molecular weight excluding hydrogens is 420 g/mol. The summed E-state index contributed by atoms with van der Waals surface area (Å²) in [6, 6.07) is 18.7. The van der Waals surface area contributed by atoms with E-state index in [0.29, 0.717) is 35.5 Å². The highest BCUT2D eigenvalue weighted by Crippen LogP contribution is 2.23. The van der Waals surface area contributed by atoms with Gasteiger partial charge in [-0.05, 0) is 68.4 Å². The Morgan fingerprint density at radius 1 is 1.03 bits per heavy atom. The molecule has 0 atom stereocenters. The van der Waals surface area contributed by atoms with Gasteiger partial charge in [0.15, 0.2) is 5.76 Å². The summed E-state index contributed by atoms with van der Waals surface area (Å²) in [5, 5.41) is 11.0. The first-order valence-corrected chi connectivity index (χ1v) is 10.8. The molecule has 0 bridgehead atoms. The summed E-state index contributed by atoms with van der Waals surface area (Å²) in [6.45, 7) is 5.38. The molecule has 0 saturated heterocycles. The molecule has 0 radical (unpaired) electrons.